The van der Waals surface area contributed by atoms with E-state index in [0.717, 1.165) is 23.7 Å². The number of rotatable bonds is 0. The van der Waals surface area contributed by atoms with Crippen LogP contribution in [0.25, 0.3) is 0 Å². The van der Waals surface area contributed by atoms with E-state index in [9.17, 15) is 0 Å². The van der Waals surface area contributed by atoms with Gasteiger partial charge in [0, 0.05) is 6.04 Å². The first-order valence-electron chi connectivity index (χ1n) is 4.80. The summed E-state index contributed by atoms with van der Waals surface area (Å²) in [6.45, 7) is 0. The molecule has 0 aromatic heterocycles. The Morgan fingerprint density at radius 3 is 2.73 bits per heavy atom. The molecular formula is C10H15N. The van der Waals surface area contributed by atoms with Crippen LogP contribution in [0.2, 0.25) is 0 Å². The highest BCUT2D eigenvalue weighted by molar-refractivity contribution is 5.17. The Hall–Kier alpha value is -0.300. The van der Waals surface area contributed by atoms with Crippen molar-refractivity contribution < 1.29 is 0 Å². The average molecular weight is 149 g/mol. The van der Waals surface area contributed by atoms with Gasteiger partial charge in [0.05, 0.1) is 0 Å². The van der Waals surface area contributed by atoms with Crippen LogP contribution in [0.1, 0.15) is 19.3 Å². The Morgan fingerprint density at radius 1 is 1.09 bits per heavy atom. The molecule has 60 valence electrons. The molecule has 0 aromatic carbocycles. The minimum atomic E-state index is 0.528. The van der Waals surface area contributed by atoms with Crippen molar-refractivity contribution in [1.29, 1.82) is 0 Å². The molecule has 11 heavy (non-hydrogen) atoms. The SMILES string of the molecule is NC1CC[C@@H]2[C@H]1[C@@H]1C=C[C@H]2C1. The predicted octanol–water partition coefficient (Wildman–Crippen LogP) is 1.55. The monoisotopic (exact) mass is 149 g/mol. The highest BCUT2D eigenvalue weighted by Gasteiger charge is 2.49. The van der Waals surface area contributed by atoms with Gasteiger partial charge in [0.25, 0.3) is 0 Å². The summed E-state index contributed by atoms with van der Waals surface area (Å²) < 4.78 is 0. The lowest BCUT2D eigenvalue weighted by molar-refractivity contribution is 0.339. The number of hydrogen-bond donors (Lipinski definition) is 1. The van der Waals surface area contributed by atoms with Crippen LogP contribution in [-0.4, -0.2) is 6.04 Å². The van der Waals surface area contributed by atoms with Crippen molar-refractivity contribution in [3.8, 4) is 0 Å². The Balaban J connectivity index is 1.97. The number of fused-ring (bicyclic) bond motifs is 5. The van der Waals surface area contributed by atoms with Gasteiger partial charge >= 0.3 is 0 Å². The van der Waals surface area contributed by atoms with Crippen LogP contribution in [0.15, 0.2) is 12.2 Å². The van der Waals surface area contributed by atoms with Crippen LogP contribution in [0.4, 0.5) is 0 Å². The highest BCUT2D eigenvalue weighted by atomic mass is 14.7. The summed E-state index contributed by atoms with van der Waals surface area (Å²) in [6.07, 6.45) is 8.95. The minimum Gasteiger partial charge on any atom is -0.327 e. The molecule has 5 atom stereocenters. The molecule has 0 spiro atoms. The Kier molecular flexibility index (Phi) is 1.07. The summed E-state index contributed by atoms with van der Waals surface area (Å²) >= 11 is 0. The zero-order chi connectivity index (χ0) is 7.42. The second-order valence-corrected chi connectivity index (χ2v) is 4.43. The van der Waals surface area contributed by atoms with Gasteiger partial charge in [0.1, 0.15) is 0 Å². The number of hydrogen-bond acceptors (Lipinski definition) is 1. The average Bonchev–Trinajstić information content (AvgIpc) is 2.60. The topological polar surface area (TPSA) is 26.0 Å². The summed E-state index contributed by atoms with van der Waals surface area (Å²) in [4.78, 5) is 0. The van der Waals surface area contributed by atoms with Crippen molar-refractivity contribution in [2.24, 2.45) is 29.4 Å². The zero-order valence-corrected chi connectivity index (χ0v) is 6.74. The first-order chi connectivity index (χ1) is 5.36. The minimum absolute atomic E-state index is 0.528. The molecule has 2 bridgehead atoms. The number of allylic oxidation sites excluding steroid dienone is 2. The molecule has 0 heterocycles. The second-order valence-electron chi connectivity index (χ2n) is 4.43. The zero-order valence-electron chi connectivity index (χ0n) is 6.74. The maximum Gasteiger partial charge on any atom is 0.00757 e. The summed E-state index contributed by atoms with van der Waals surface area (Å²) in [5.41, 5.74) is 6.07. The van der Waals surface area contributed by atoms with Gasteiger partial charge < -0.3 is 5.73 Å². The van der Waals surface area contributed by atoms with Crippen LogP contribution >= 0.6 is 0 Å². The molecule has 2 fully saturated rings. The van der Waals surface area contributed by atoms with E-state index in [2.05, 4.69) is 12.2 Å². The lowest BCUT2D eigenvalue weighted by atomic mass is 9.84. The third kappa shape index (κ3) is 0.652. The van der Waals surface area contributed by atoms with Crippen molar-refractivity contribution in [3.05, 3.63) is 12.2 Å². The van der Waals surface area contributed by atoms with Gasteiger partial charge in [-0.2, -0.15) is 0 Å². The molecule has 1 nitrogen and oxygen atoms in total. The highest BCUT2D eigenvalue weighted by Crippen LogP contribution is 2.54. The maximum absolute atomic E-state index is 6.07. The summed E-state index contributed by atoms with van der Waals surface area (Å²) in [5, 5.41) is 0. The molecule has 0 saturated heterocycles. The van der Waals surface area contributed by atoms with Gasteiger partial charge in [-0.3, -0.25) is 0 Å². The molecule has 0 aromatic rings. The third-order valence-corrected chi connectivity index (χ3v) is 4.02. The van der Waals surface area contributed by atoms with Gasteiger partial charge in [0.2, 0.25) is 0 Å². The van der Waals surface area contributed by atoms with Crippen molar-refractivity contribution in [3.63, 3.8) is 0 Å². The van der Waals surface area contributed by atoms with Crippen molar-refractivity contribution in [1.82, 2.24) is 0 Å². The molecule has 3 aliphatic rings. The summed E-state index contributed by atoms with van der Waals surface area (Å²) in [6, 6.07) is 0.528. The van der Waals surface area contributed by atoms with Crippen molar-refractivity contribution in [2.75, 3.05) is 0 Å². The Bertz CT molecular complexity index is 209. The van der Waals surface area contributed by atoms with E-state index in [1.165, 1.54) is 19.3 Å². The molecule has 0 radical (unpaired) electrons. The quantitative estimate of drug-likeness (QED) is 0.519. The predicted molar refractivity (Wildman–Crippen MR) is 44.9 cm³/mol. The molecule has 1 heteroatoms. The first kappa shape index (κ1) is 6.24. The largest absolute Gasteiger partial charge is 0.327 e. The standard InChI is InChI=1S/C10H15N/c11-9-4-3-8-6-1-2-7(5-6)10(8)9/h1-2,6-10H,3-5,11H2/t6-,7+,8-,9?,10+/m0/s1. The van der Waals surface area contributed by atoms with E-state index in [1.54, 1.807) is 0 Å². The van der Waals surface area contributed by atoms with Crippen LogP contribution in [0.3, 0.4) is 0 Å². The smallest absolute Gasteiger partial charge is 0.00757 e. The number of nitrogens with two attached hydrogens (primary N) is 1. The molecule has 0 amide bonds. The lowest BCUT2D eigenvalue weighted by Crippen LogP contribution is -2.30. The van der Waals surface area contributed by atoms with E-state index in [-0.39, 0.29) is 0 Å². The molecule has 0 aliphatic heterocycles. The van der Waals surface area contributed by atoms with Gasteiger partial charge in [-0.15, -0.1) is 0 Å². The van der Waals surface area contributed by atoms with Gasteiger partial charge in [0.15, 0.2) is 0 Å². The summed E-state index contributed by atoms with van der Waals surface area (Å²) in [5.74, 6) is 3.62. The fourth-order valence-electron chi connectivity index (χ4n) is 3.58. The molecule has 2 saturated carbocycles. The normalized spacial score (nSPS) is 58.8. The Labute approximate surface area is 67.7 Å². The van der Waals surface area contributed by atoms with E-state index in [0.29, 0.717) is 6.04 Å². The molecule has 3 rings (SSSR count). The van der Waals surface area contributed by atoms with Crippen molar-refractivity contribution in [2.45, 2.75) is 25.3 Å². The third-order valence-electron chi connectivity index (χ3n) is 4.02. The van der Waals surface area contributed by atoms with Gasteiger partial charge in [-0.05, 0) is 42.9 Å². The second kappa shape index (κ2) is 1.89. The van der Waals surface area contributed by atoms with Crippen molar-refractivity contribution >= 4 is 0 Å². The fourth-order valence-corrected chi connectivity index (χ4v) is 3.58. The molecule has 2 N–H and O–H groups in total. The molecule has 3 aliphatic carbocycles. The fraction of sp³-hybridized carbons (Fsp3) is 0.800. The van der Waals surface area contributed by atoms with Gasteiger partial charge in [-0.25, -0.2) is 0 Å². The van der Waals surface area contributed by atoms with Crippen LogP contribution in [0, 0.1) is 23.7 Å². The molecular weight excluding hydrogens is 134 g/mol. The van der Waals surface area contributed by atoms with Gasteiger partial charge in [-0.1, -0.05) is 12.2 Å². The summed E-state index contributed by atoms with van der Waals surface area (Å²) in [7, 11) is 0. The van der Waals surface area contributed by atoms with E-state index >= 15 is 0 Å². The maximum atomic E-state index is 6.07. The lowest BCUT2D eigenvalue weighted by Gasteiger charge is -2.23. The van der Waals surface area contributed by atoms with Crippen LogP contribution in [0.5, 0.6) is 0 Å². The van der Waals surface area contributed by atoms with Crippen LogP contribution in [-0.2, 0) is 0 Å². The Morgan fingerprint density at radius 2 is 1.91 bits per heavy atom. The van der Waals surface area contributed by atoms with E-state index in [4.69, 9.17) is 5.73 Å². The van der Waals surface area contributed by atoms with Crippen LogP contribution < -0.4 is 5.73 Å². The van der Waals surface area contributed by atoms with E-state index in [1.807, 2.05) is 0 Å². The molecule has 1 unspecified atom stereocenters. The first-order valence-corrected chi connectivity index (χ1v) is 4.80. The van der Waals surface area contributed by atoms with E-state index < -0.39 is 0 Å².